The summed E-state index contributed by atoms with van der Waals surface area (Å²) in [6.07, 6.45) is 1.21. The first-order chi connectivity index (χ1) is 9.18. The summed E-state index contributed by atoms with van der Waals surface area (Å²) >= 11 is 0. The normalized spacial score (nSPS) is 15.4. The van der Waals surface area contributed by atoms with Gasteiger partial charge in [0.1, 0.15) is 0 Å². The third kappa shape index (κ3) is 5.04. The van der Waals surface area contributed by atoms with E-state index in [4.69, 9.17) is 4.43 Å². The quantitative estimate of drug-likeness (QED) is 0.743. The summed E-state index contributed by atoms with van der Waals surface area (Å²) in [6.45, 7) is 10.3. The maximum atomic E-state index is 6.06. The molecule has 0 spiro atoms. The van der Waals surface area contributed by atoms with Crippen molar-refractivity contribution in [1.29, 1.82) is 0 Å². The van der Waals surface area contributed by atoms with Crippen molar-refractivity contribution < 1.29 is 4.43 Å². The molecule has 2 nitrogen and oxygen atoms in total. The van der Waals surface area contributed by atoms with Crippen LogP contribution in [0.1, 0.15) is 32.8 Å². The molecule has 114 valence electrons. The highest BCUT2D eigenvalue weighted by molar-refractivity contribution is 6.85. The Labute approximate surface area is 126 Å². The smallest absolute Gasteiger partial charge is 0.220 e. The highest BCUT2D eigenvalue weighted by atomic mass is 28.4. The van der Waals surface area contributed by atoms with Gasteiger partial charge in [-0.15, -0.1) is 0 Å². The van der Waals surface area contributed by atoms with E-state index in [0.29, 0.717) is 5.41 Å². The molecule has 0 amide bonds. The lowest BCUT2D eigenvalue weighted by Crippen LogP contribution is -2.49. The molecular weight excluding hydrogens is 262 g/mol. The number of benzene rings is 1. The van der Waals surface area contributed by atoms with Crippen molar-refractivity contribution in [2.45, 2.75) is 46.3 Å². The first-order valence-electron chi connectivity index (χ1n) is 7.46. The molecule has 1 unspecified atom stereocenters. The van der Waals surface area contributed by atoms with Gasteiger partial charge < -0.3 is 9.33 Å². The minimum absolute atomic E-state index is 0.364. The van der Waals surface area contributed by atoms with Crippen molar-refractivity contribution >= 4 is 13.5 Å². The summed E-state index contributed by atoms with van der Waals surface area (Å²) in [6, 6.07) is 9.98. The monoisotopic (exact) mass is 293 g/mol. The van der Waals surface area contributed by atoms with Crippen molar-refractivity contribution in [3.05, 3.63) is 29.8 Å². The molecule has 0 bridgehead atoms. The van der Waals surface area contributed by atoms with E-state index in [1.54, 1.807) is 0 Å². The van der Waals surface area contributed by atoms with Crippen LogP contribution in [0.4, 0.5) is 0 Å². The van der Waals surface area contributed by atoms with Gasteiger partial charge in [0.2, 0.25) is 8.32 Å². The molecule has 0 heterocycles. The maximum absolute atomic E-state index is 6.06. The van der Waals surface area contributed by atoms with Crippen LogP contribution in [0.2, 0.25) is 12.6 Å². The van der Waals surface area contributed by atoms with Crippen LogP contribution in [-0.2, 0) is 11.0 Å². The van der Waals surface area contributed by atoms with E-state index < -0.39 is 8.32 Å². The Morgan fingerprint density at radius 1 is 1.15 bits per heavy atom. The molecule has 0 saturated heterocycles. The molecular formula is C17H31NOSi. The third-order valence-corrected chi connectivity index (χ3v) is 7.61. The van der Waals surface area contributed by atoms with Gasteiger partial charge in [-0.05, 0) is 49.3 Å². The average Bonchev–Trinajstić information content (AvgIpc) is 2.35. The summed E-state index contributed by atoms with van der Waals surface area (Å²) in [7, 11) is 4.29. The average molecular weight is 294 g/mol. The van der Waals surface area contributed by atoms with Gasteiger partial charge in [0.05, 0.1) is 0 Å². The number of hydrogen-bond acceptors (Lipinski definition) is 2. The molecule has 1 aromatic carbocycles. The number of hydrogen-bond donors (Lipinski definition) is 0. The molecule has 0 fully saturated rings. The Balaban J connectivity index is 3.04. The van der Waals surface area contributed by atoms with Crippen molar-refractivity contribution in [3.63, 3.8) is 0 Å². The topological polar surface area (TPSA) is 12.5 Å². The fraction of sp³-hybridized carbons (Fsp3) is 0.647. The van der Waals surface area contributed by atoms with E-state index in [1.165, 1.54) is 23.2 Å². The lowest BCUT2D eigenvalue weighted by Gasteiger charge is -2.31. The fourth-order valence-electron chi connectivity index (χ4n) is 2.48. The highest BCUT2D eigenvalue weighted by Gasteiger charge is 2.33. The Morgan fingerprint density at radius 2 is 1.75 bits per heavy atom. The molecule has 20 heavy (non-hydrogen) atoms. The van der Waals surface area contributed by atoms with Crippen molar-refractivity contribution in [2.24, 2.45) is 5.41 Å². The van der Waals surface area contributed by atoms with E-state index in [1.807, 2.05) is 7.11 Å². The lowest BCUT2D eigenvalue weighted by molar-refractivity contribution is 0.365. The van der Waals surface area contributed by atoms with Gasteiger partial charge in [0.15, 0.2) is 0 Å². The molecule has 1 atom stereocenters. The second kappa shape index (κ2) is 6.88. The van der Waals surface area contributed by atoms with Gasteiger partial charge in [-0.1, -0.05) is 45.0 Å². The van der Waals surface area contributed by atoms with Crippen LogP contribution in [0.5, 0.6) is 0 Å². The lowest BCUT2D eigenvalue weighted by atomic mass is 9.94. The SMILES string of the molecule is CO[Si](C)(CCC(C)(C)C)c1ccccc1CN(C)C. The van der Waals surface area contributed by atoms with E-state index in [2.05, 4.69) is 70.6 Å². The minimum atomic E-state index is -1.85. The molecule has 3 heteroatoms. The Kier molecular flexibility index (Phi) is 5.99. The summed E-state index contributed by atoms with van der Waals surface area (Å²) in [5.74, 6) is 0. The predicted molar refractivity (Wildman–Crippen MR) is 91.0 cm³/mol. The van der Waals surface area contributed by atoms with Gasteiger partial charge in [0.25, 0.3) is 0 Å². The molecule has 1 aromatic rings. The summed E-state index contributed by atoms with van der Waals surface area (Å²) in [5, 5.41) is 1.46. The zero-order valence-corrected chi connectivity index (χ0v) is 15.3. The van der Waals surface area contributed by atoms with E-state index >= 15 is 0 Å². The molecule has 0 aliphatic rings. The summed E-state index contributed by atoms with van der Waals surface area (Å²) in [5.41, 5.74) is 1.78. The Bertz CT molecular complexity index is 425. The van der Waals surface area contributed by atoms with Crippen LogP contribution >= 0.6 is 0 Å². The zero-order valence-electron chi connectivity index (χ0n) is 14.3. The minimum Gasteiger partial charge on any atom is -0.416 e. The van der Waals surface area contributed by atoms with E-state index in [0.717, 1.165) is 6.54 Å². The molecule has 0 saturated carbocycles. The van der Waals surface area contributed by atoms with Gasteiger partial charge in [-0.3, -0.25) is 0 Å². The Morgan fingerprint density at radius 3 is 2.25 bits per heavy atom. The van der Waals surface area contributed by atoms with E-state index in [9.17, 15) is 0 Å². The van der Waals surface area contributed by atoms with Crippen LogP contribution in [0.15, 0.2) is 24.3 Å². The van der Waals surface area contributed by atoms with E-state index in [-0.39, 0.29) is 0 Å². The second-order valence-corrected chi connectivity index (χ2v) is 11.3. The largest absolute Gasteiger partial charge is 0.416 e. The zero-order chi connectivity index (χ0) is 15.4. The van der Waals surface area contributed by atoms with Gasteiger partial charge in [0, 0.05) is 13.7 Å². The van der Waals surface area contributed by atoms with Gasteiger partial charge in [-0.2, -0.15) is 0 Å². The molecule has 0 aliphatic heterocycles. The van der Waals surface area contributed by atoms with Crippen molar-refractivity contribution in [2.75, 3.05) is 21.2 Å². The number of rotatable bonds is 6. The van der Waals surface area contributed by atoms with Crippen molar-refractivity contribution in [1.82, 2.24) is 4.90 Å². The molecule has 0 aromatic heterocycles. The molecule has 0 N–H and O–H groups in total. The van der Waals surface area contributed by atoms with Crippen LogP contribution in [0.3, 0.4) is 0 Å². The fourth-order valence-corrected chi connectivity index (χ4v) is 5.69. The first kappa shape index (κ1) is 17.4. The van der Waals surface area contributed by atoms with Gasteiger partial charge >= 0.3 is 0 Å². The van der Waals surface area contributed by atoms with Crippen molar-refractivity contribution in [3.8, 4) is 0 Å². The highest BCUT2D eigenvalue weighted by Crippen LogP contribution is 2.26. The predicted octanol–water partition coefficient (Wildman–Crippen LogP) is 3.61. The first-order valence-corrected chi connectivity index (χ1v) is 10.1. The Hall–Kier alpha value is -0.643. The summed E-state index contributed by atoms with van der Waals surface area (Å²) in [4.78, 5) is 2.23. The third-order valence-electron chi connectivity index (χ3n) is 3.88. The standard InChI is InChI=1S/C17H31NOSi/c1-17(2,3)12-13-20(7,19-6)16-11-9-8-10-15(16)14-18(4)5/h8-11H,12-14H2,1-7H3. The number of nitrogens with zero attached hydrogens (tertiary/aromatic N) is 1. The molecule has 1 rings (SSSR count). The van der Waals surface area contributed by atoms with Gasteiger partial charge in [-0.25, -0.2) is 0 Å². The summed E-state index contributed by atoms with van der Waals surface area (Å²) < 4.78 is 6.06. The van der Waals surface area contributed by atoms with Crippen LogP contribution in [0, 0.1) is 5.41 Å². The molecule has 0 radical (unpaired) electrons. The van der Waals surface area contributed by atoms with Crippen LogP contribution in [0.25, 0.3) is 0 Å². The molecule has 0 aliphatic carbocycles. The van der Waals surface area contributed by atoms with Crippen LogP contribution < -0.4 is 5.19 Å². The second-order valence-electron chi connectivity index (χ2n) is 7.39. The van der Waals surface area contributed by atoms with Crippen LogP contribution in [-0.4, -0.2) is 34.4 Å². The maximum Gasteiger partial charge on any atom is 0.220 e.